The summed E-state index contributed by atoms with van der Waals surface area (Å²) in [6.07, 6.45) is -0.608. The first-order valence-corrected chi connectivity index (χ1v) is 5.34. The van der Waals surface area contributed by atoms with Gasteiger partial charge in [0.2, 0.25) is 0 Å². The van der Waals surface area contributed by atoms with Crippen LogP contribution in [-0.4, -0.2) is 11.6 Å². The standard InChI is InChI=1S/C13H13F3O2/c1-13(2,3)11(18)6-10(17)12-8(15)4-7(14)5-9(12)16/h4-5H,6H2,1-3H3. The summed E-state index contributed by atoms with van der Waals surface area (Å²) in [5.74, 6) is -5.11. The molecule has 1 aromatic rings. The molecule has 0 unspecified atom stereocenters. The molecule has 0 bridgehead atoms. The van der Waals surface area contributed by atoms with Gasteiger partial charge in [0, 0.05) is 17.5 Å². The molecule has 0 fully saturated rings. The molecule has 0 aliphatic rings. The third-order valence-corrected chi connectivity index (χ3v) is 2.44. The Morgan fingerprint density at radius 3 is 1.89 bits per heavy atom. The third-order valence-electron chi connectivity index (χ3n) is 2.44. The summed E-state index contributed by atoms with van der Waals surface area (Å²) < 4.78 is 39.3. The van der Waals surface area contributed by atoms with Gasteiger partial charge < -0.3 is 0 Å². The number of hydrogen-bond acceptors (Lipinski definition) is 2. The summed E-state index contributed by atoms with van der Waals surface area (Å²) in [4.78, 5) is 23.2. The first-order chi connectivity index (χ1) is 8.12. The lowest BCUT2D eigenvalue weighted by molar-refractivity contribution is -0.125. The van der Waals surface area contributed by atoms with Crippen LogP contribution in [-0.2, 0) is 4.79 Å². The van der Waals surface area contributed by atoms with Gasteiger partial charge in [-0.3, -0.25) is 9.59 Å². The van der Waals surface area contributed by atoms with Gasteiger partial charge in [-0.25, -0.2) is 13.2 Å². The number of halogens is 3. The molecule has 0 heterocycles. The second kappa shape index (κ2) is 4.92. The molecule has 0 amide bonds. The highest BCUT2D eigenvalue weighted by Gasteiger charge is 2.27. The zero-order valence-corrected chi connectivity index (χ0v) is 10.3. The quantitative estimate of drug-likeness (QED) is 0.615. The highest BCUT2D eigenvalue weighted by atomic mass is 19.1. The van der Waals surface area contributed by atoms with Crippen LogP contribution in [0.15, 0.2) is 12.1 Å². The van der Waals surface area contributed by atoms with Crippen LogP contribution in [0, 0.1) is 22.9 Å². The van der Waals surface area contributed by atoms with Crippen molar-refractivity contribution in [1.82, 2.24) is 0 Å². The number of benzene rings is 1. The zero-order chi connectivity index (χ0) is 14.1. The van der Waals surface area contributed by atoms with E-state index in [0.29, 0.717) is 12.1 Å². The molecule has 1 rings (SSSR count). The Labute approximate surface area is 103 Å². The Kier molecular flexibility index (Phi) is 3.94. The maximum atomic E-state index is 13.3. The molecule has 98 valence electrons. The van der Waals surface area contributed by atoms with Crippen molar-refractivity contribution in [2.75, 3.05) is 0 Å². The molecule has 0 aromatic heterocycles. The molecule has 0 atom stereocenters. The summed E-state index contributed by atoms with van der Waals surface area (Å²) in [6, 6.07) is 0.829. The summed E-state index contributed by atoms with van der Waals surface area (Å²) in [6.45, 7) is 4.79. The maximum absolute atomic E-state index is 13.3. The topological polar surface area (TPSA) is 34.1 Å². The predicted molar refractivity (Wildman–Crippen MR) is 59.7 cm³/mol. The molecule has 5 heteroatoms. The number of ketones is 2. The van der Waals surface area contributed by atoms with Gasteiger partial charge in [-0.05, 0) is 0 Å². The fourth-order valence-electron chi connectivity index (χ4n) is 1.31. The number of carbonyl (C=O) groups excluding carboxylic acids is 2. The van der Waals surface area contributed by atoms with E-state index in [1.807, 2.05) is 0 Å². The van der Waals surface area contributed by atoms with Gasteiger partial charge in [-0.1, -0.05) is 20.8 Å². The Balaban J connectivity index is 3.03. The molecule has 1 aromatic carbocycles. The van der Waals surface area contributed by atoms with Crippen molar-refractivity contribution in [3.05, 3.63) is 35.1 Å². The van der Waals surface area contributed by atoms with Crippen molar-refractivity contribution in [3.8, 4) is 0 Å². The number of carbonyl (C=O) groups is 2. The molecule has 0 spiro atoms. The van der Waals surface area contributed by atoms with Gasteiger partial charge in [0.25, 0.3) is 0 Å². The minimum Gasteiger partial charge on any atom is -0.299 e. The Morgan fingerprint density at radius 1 is 1.06 bits per heavy atom. The van der Waals surface area contributed by atoms with Crippen molar-refractivity contribution in [3.63, 3.8) is 0 Å². The Bertz CT molecular complexity index is 478. The predicted octanol–water partition coefficient (Wildman–Crippen LogP) is 3.29. The van der Waals surface area contributed by atoms with Gasteiger partial charge in [-0.2, -0.15) is 0 Å². The average molecular weight is 258 g/mol. The average Bonchev–Trinajstić information content (AvgIpc) is 2.13. The van der Waals surface area contributed by atoms with Gasteiger partial charge >= 0.3 is 0 Å². The van der Waals surface area contributed by atoms with Crippen molar-refractivity contribution in [2.24, 2.45) is 5.41 Å². The summed E-state index contributed by atoms with van der Waals surface area (Å²) in [7, 11) is 0. The van der Waals surface area contributed by atoms with E-state index < -0.39 is 46.4 Å². The lowest BCUT2D eigenvalue weighted by atomic mass is 9.87. The fourth-order valence-corrected chi connectivity index (χ4v) is 1.31. The molecule has 0 N–H and O–H groups in total. The highest BCUT2D eigenvalue weighted by molar-refractivity contribution is 6.09. The second-order valence-electron chi connectivity index (χ2n) is 5.02. The van der Waals surface area contributed by atoms with Gasteiger partial charge in [0.05, 0.1) is 12.0 Å². The third kappa shape index (κ3) is 3.18. The molecule has 0 aliphatic heterocycles. The molecule has 0 radical (unpaired) electrons. The van der Waals surface area contributed by atoms with E-state index in [1.54, 1.807) is 20.8 Å². The van der Waals surface area contributed by atoms with E-state index in [2.05, 4.69) is 0 Å². The molecule has 0 saturated heterocycles. The highest BCUT2D eigenvalue weighted by Crippen LogP contribution is 2.21. The number of rotatable bonds is 3. The number of hydrogen-bond donors (Lipinski definition) is 0. The fraction of sp³-hybridized carbons (Fsp3) is 0.385. The normalized spacial score (nSPS) is 11.4. The number of Topliss-reactive ketones (excluding diaryl/α,β-unsaturated/α-hetero) is 2. The maximum Gasteiger partial charge on any atom is 0.176 e. The summed E-state index contributed by atoms with van der Waals surface area (Å²) in [5, 5.41) is 0. The molecule has 2 nitrogen and oxygen atoms in total. The molecular weight excluding hydrogens is 245 g/mol. The molecule has 0 aliphatic carbocycles. The van der Waals surface area contributed by atoms with Crippen LogP contribution in [0.3, 0.4) is 0 Å². The van der Waals surface area contributed by atoms with E-state index in [0.717, 1.165) is 0 Å². The molecule has 0 saturated carbocycles. The summed E-state index contributed by atoms with van der Waals surface area (Å²) >= 11 is 0. The van der Waals surface area contributed by atoms with Crippen molar-refractivity contribution in [2.45, 2.75) is 27.2 Å². The minimum atomic E-state index is -1.29. The van der Waals surface area contributed by atoms with E-state index >= 15 is 0 Å². The lowest BCUT2D eigenvalue weighted by Gasteiger charge is -2.16. The largest absolute Gasteiger partial charge is 0.299 e. The van der Waals surface area contributed by atoms with Crippen LogP contribution < -0.4 is 0 Å². The monoisotopic (exact) mass is 258 g/mol. The van der Waals surface area contributed by atoms with E-state index in [-0.39, 0.29) is 0 Å². The first-order valence-electron chi connectivity index (χ1n) is 5.34. The van der Waals surface area contributed by atoms with Crippen LogP contribution in [0.4, 0.5) is 13.2 Å². The SMILES string of the molecule is CC(C)(C)C(=O)CC(=O)c1c(F)cc(F)cc1F. The second-order valence-corrected chi connectivity index (χ2v) is 5.02. The van der Waals surface area contributed by atoms with Crippen LogP contribution in [0.25, 0.3) is 0 Å². The van der Waals surface area contributed by atoms with Crippen molar-refractivity contribution < 1.29 is 22.8 Å². The van der Waals surface area contributed by atoms with Crippen LogP contribution >= 0.6 is 0 Å². The lowest BCUT2D eigenvalue weighted by Crippen LogP contribution is -2.24. The molecule has 18 heavy (non-hydrogen) atoms. The van der Waals surface area contributed by atoms with Gasteiger partial charge in [-0.15, -0.1) is 0 Å². The zero-order valence-electron chi connectivity index (χ0n) is 10.3. The Morgan fingerprint density at radius 2 is 1.50 bits per heavy atom. The van der Waals surface area contributed by atoms with Crippen molar-refractivity contribution >= 4 is 11.6 Å². The first kappa shape index (κ1) is 14.4. The van der Waals surface area contributed by atoms with E-state index in [9.17, 15) is 22.8 Å². The Hall–Kier alpha value is -1.65. The van der Waals surface area contributed by atoms with Crippen molar-refractivity contribution in [1.29, 1.82) is 0 Å². The van der Waals surface area contributed by atoms with Gasteiger partial charge in [0.1, 0.15) is 23.2 Å². The minimum absolute atomic E-state index is 0.415. The van der Waals surface area contributed by atoms with E-state index in [4.69, 9.17) is 0 Å². The van der Waals surface area contributed by atoms with Gasteiger partial charge in [0.15, 0.2) is 5.78 Å². The van der Waals surface area contributed by atoms with E-state index in [1.165, 1.54) is 0 Å². The smallest absolute Gasteiger partial charge is 0.176 e. The van der Waals surface area contributed by atoms with Crippen LogP contribution in [0.5, 0.6) is 0 Å². The van der Waals surface area contributed by atoms with Crippen LogP contribution in [0.1, 0.15) is 37.6 Å². The molecular formula is C13H13F3O2. The van der Waals surface area contributed by atoms with Crippen LogP contribution in [0.2, 0.25) is 0 Å². The summed E-state index contributed by atoms with van der Waals surface area (Å²) in [5.41, 5.74) is -1.64.